The second kappa shape index (κ2) is 8.47. The van der Waals surface area contributed by atoms with Gasteiger partial charge in [-0.3, -0.25) is 14.4 Å². The van der Waals surface area contributed by atoms with Gasteiger partial charge in [-0.25, -0.2) is 0 Å². The minimum absolute atomic E-state index is 0.0150. The molecule has 1 unspecified atom stereocenters. The molecule has 0 aliphatic carbocycles. The van der Waals surface area contributed by atoms with Crippen LogP contribution in [-0.2, 0) is 19.8 Å². The smallest absolute Gasteiger partial charge is 0.313 e. The monoisotopic (exact) mass is 394 g/mol. The largest absolute Gasteiger partial charge is 0.481 e. The average molecular weight is 394 g/mol. The lowest BCUT2D eigenvalue weighted by atomic mass is 9.85. The van der Waals surface area contributed by atoms with E-state index in [1.165, 1.54) is 0 Å². The Morgan fingerprint density at radius 1 is 1.03 bits per heavy atom. The van der Waals surface area contributed by atoms with Crippen LogP contribution in [0, 0.1) is 0 Å². The van der Waals surface area contributed by atoms with Gasteiger partial charge in [-0.15, -0.1) is 0 Å². The van der Waals surface area contributed by atoms with Crippen molar-refractivity contribution in [3.8, 4) is 0 Å². The molecule has 1 aliphatic rings. The molecule has 1 fully saturated rings. The number of carbonyl (C=O) groups is 3. The average Bonchev–Trinajstić information content (AvgIpc) is 2.71. The van der Waals surface area contributed by atoms with Crippen LogP contribution in [-0.4, -0.2) is 34.3 Å². The molecule has 1 aliphatic heterocycles. The van der Waals surface area contributed by atoms with Crippen LogP contribution < -0.4 is 5.32 Å². The van der Waals surface area contributed by atoms with Gasteiger partial charge in [-0.1, -0.05) is 42.5 Å². The van der Waals surface area contributed by atoms with Crippen LogP contribution in [0.25, 0.3) is 0 Å². The number of likely N-dealkylation sites (tertiary alicyclic amines) is 1. The molecule has 2 N–H and O–H groups in total. The van der Waals surface area contributed by atoms with Crippen LogP contribution in [0.5, 0.6) is 0 Å². The Morgan fingerprint density at radius 3 is 2.28 bits per heavy atom. The molecular weight excluding hydrogens is 368 g/mol. The summed E-state index contributed by atoms with van der Waals surface area (Å²) in [5.74, 6) is -1.21. The van der Waals surface area contributed by atoms with E-state index in [9.17, 15) is 19.5 Å². The number of carboxylic acids is 1. The fourth-order valence-corrected chi connectivity index (χ4v) is 3.51. The van der Waals surface area contributed by atoms with E-state index in [1.807, 2.05) is 30.3 Å². The van der Waals surface area contributed by atoms with Gasteiger partial charge in [-0.05, 0) is 49.9 Å². The highest BCUT2D eigenvalue weighted by atomic mass is 16.4. The third kappa shape index (κ3) is 4.47. The topological polar surface area (TPSA) is 86.7 Å². The van der Waals surface area contributed by atoms with Crippen molar-refractivity contribution in [1.82, 2.24) is 4.90 Å². The van der Waals surface area contributed by atoms with Crippen molar-refractivity contribution < 1.29 is 19.5 Å². The third-order valence-electron chi connectivity index (χ3n) is 5.44. The van der Waals surface area contributed by atoms with Crippen molar-refractivity contribution in [3.63, 3.8) is 0 Å². The molecule has 0 aromatic heterocycles. The molecule has 6 heteroatoms. The lowest BCUT2D eigenvalue weighted by molar-refractivity contribution is -0.142. The Labute approximate surface area is 170 Å². The van der Waals surface area contributed by atoms with E-state index in [4.69, 9.17) is 0 Å². The number of aliphatic carboxylic acids is 1. The minimum Gasteiger partial charge on any atom is -0.481 e. The Bertz CT molecular complexity index is 891. The SMILES string of the molecule is CC(C)(C(=O)O)c1ccc(NC(=O)C(c2ccccc2)N2CCCCC2=O)cc1. The fourth-order valence-electron chi connectivity index (χ4n) is 3.51. The highest BCUT2D eigenvalue weighted by Crippen LogP contribution is 2.28. The molecule has 2 amide bonds. The van der Waals surface area contributed by atoms with Gasteiger partial charge in [0, 0.05) is 18.7 Å². The summed E-state index contributed by atoms with van der Waals surface area (Å²) in [5, 5.41) is 12.3. The van der Waals surface area contributed by atoms with E-state index in [0.29, 0.717) is 24.2 Å². The molecule has 0 radical (unpaired) electrons. The predicted octanol–water partition coefficient (Wildman–Crippen LogP) is 3.74. The standard InChI is InChI=1S/C23H26N2O4/c1-23(2,22(28)29)17-11-13-18(14-12-17)24-21(27)20(16-8-4-3-5-9-16)25-15-7-6-10-19(25)26/h3-5,8-9,11-14,20H,6-7,10,15H2,1-2H3,(H,24,27)(H,28,29). The number of anilines is 1. The van der Waals surface area contributed by atoms with Crippen LogP contribution in [0.2, 0.25) is 0 Å². The van der Waals surface area contributed by atoms with Crippen molar-refractivity contribution >= 4 is 23.5 Å². The summed E-state index contributed by atoms with van der Waals surface area (Å²) >= 11 is 0. The zero-order chi connectivity index (χ0) is 21.0. The van der Waals surface area contributed by atoms with E-state index in [2.05, 4.69) is 5.32 Å². The van der Waals surface area contributed by atoms with E-state index in [-0.39, 0.29) is 11.8 Å². The number of nitrogens with one attached hydrogen (secondary N) is 1. The molecule has 152 valence electrons. The van der Waals surface area contributed by atoms with E-state index < -0.39 is 17.4 Å². The molecule has 0 saturated carbocycles. The molecule has 3 rings (SSSR count). The van der Waals surface area contributed by atoms with Crippen molar-refractivity contribution in [1.29, 1.82) is 0 Å². The maximum Gasteiger partial charge on any atom is 0.313 e. The first kappa shape index (κ1) is 20.6. The maximum absolute atomic E-state index is 13.1. The van der Waals surface area contributed by atoms with Gasteiger partial charge in [0.05, 0.1) is 5.41 Å². The predicted molar refractivity (Wildman–Crippen MR) is 110 cm³/mol. The number of hydrogen-bond acceptors (Lipinski definition) is 3. The van der Waals surface area contributed by atoms with Crippen LogP contribution >= 0.6 is 0 Å². The second-order valence-electron chi connectivity index (χ2n) is 7.85. The van der Waals surface area contributed by atoms with Gasteiger partial charge in [0.1, 0.15) is 6.04 Å². The maximum atomic E-state index is 13.1. The number of benzene rings is 2. The molecular formula is C23H26N2O4. The van der Waals surface area contributed by atoms with Gasteiger partial charge in [0.25, 0.3) is 5.91 Å². The van der Waals surface area contributed by atoms with E-state index in [1.54, 1.807) is 43.0 Å². The normalized spacial score (nSPS) is 15.7. The third-order valence-corrected chi connectivity index (χ3v) is 5.44. The molecule has 1 atom stereocenters. The zero-order valence-corrected chi connectivity index (χ0v) is 16.7. The summed E-state index contributed by atoms with van der Waals surface area (Å²) < 4.78 is 0. The van der Waals surface area contributed by atoms with Crippen LogP contribution in [0.15, 0.2) is 54.6 Å². The summed E-state index contributed by atoms with van der Waals surface area (Å²) in [6, 6.07) is 15.4. The van der Waals surface area contributed by atoms with Gasteiger partial charge >= 0.3 is 5.97 Å². The van der Waals surface area contributed by atoms with Gasteiger partial charge in [-0.2, -0.15) is 0 Å². The molecule has 2 aromatic rings. The van der Waals surface area contributed by atoms with Crippen molar-refractivity contribution in [2.75, 3.05) is 11.9 Å². The summed E-state index contributed by atoms with van der Waals surface area (Å²) in [6.07, 6.45) is 2.18. The van der Waals surface area contributed by atoms with Crippen molar-refractivity contribution in [3.05, 3.63) is 65.7 Å². The first-order valence-electron chi connectivity index (χ1n) is 9.80. The lowest BCUT2D eigenvalue weighted by Crippen LogP contribution is -2.43. The first-order valence-corrected chi connectivity index (χ1v) is 9.80. The molecule has 1 heterocycles. The van der Waals surface area contributed by atoms with Gasteiger partial charge in [0.15, 0.2) is 0 Å². The van der Waals surface area contributed by atoms with Crippen LogP contribution in [0.3, 0.4) is 0 Å². The zero-order valence-electron chi connectivity index (χ0n) is 16.7. The van der Waals surface area contributed by atoms with Crippen molar-refractivity contribution in [2.24, 2.45) is 0 Å². The van der Waals surface area contributed by atoms with Crippen molar-refractivity contribution in [2.45, 2.75) is 44.6 Å². The highest BCUT2D eigenvalue weighted by Gasteiger charge is 2.33. The Kier molecular flexibility index (Phi) is 6.01. The Morgan fingerprint density at radius 2 is 1.69 bits per heavy atom. The fraction of sp³-hybridized carbons (Fsp3) is 0.348. The molecule has 2 aromatic carbocycles. The molecule has 29 heavy (non-hydrogen) atoms. The van der Waals surface area contributed by atoms with Gasteiger partial charge < -0.3 is 15.3 Å². The number of amides is 2. The number of hydrogen-bond donors (Lipinski definition) is 2. The van der Waals surface area contributed by atoms with Crippen LogP contribution in [0.4, 0.5) is 5.69 Å². The molecule has 6 nitrogen and oxygen atoms in total. The molecule has 0 spiro atoms. The highest BCUT2D eigenvalue weighted by molar-refractivity contribution is 5.98. The summed E-state index contributed by atoms with van der Waals surface area (Å²) in [4.78, 5) is 38.7. The van der Waals surface area contributed by atoms with Crippen LogP contribution in [0.1, 0.15) is 50.3 Å². The summed E-state index contributed by atoms with van der Waals surface area (Å²) in [5.41, 5.74) is 0.957. The van der Waals surface area contributed by atoms with Gasteiger partial charge in [0.2, 0.25) is 5.91 Å². The minimum atomic E-state index is -1.02. The number of nitrogens with zero attached hydrogens (tertiary/aromatic N) is 1. The summed E-state index contributed by atoms with van der Waals surface area (Å²) in [6.45, 7) is 3.82. The van der Waals surface area contributed by atoms with E-state index >= 15 is 0 Å². The number of piperidine rings is 1. The quantitative estimate of drug-likeness (QED) is 0.781. The molecule has 0 bridgehead atoms. The Hall–Kier alpha value is -3.15. The lowest BCUT2D eigenvalue weighted by Gasteiger charge is -2.34. The summed E-state index contributed by atoms with van der Waals surface area (Å²) in [7, 11) is 0. The number of carboxylic acid groups (broad SMARTS) is 1. The van der Waals surface area contributed by atoms with E-state index in [0.717, 1.165) is 18.4 Å². The second-order valence-corrected chi connectivity index (χ2v) is 7.85. The Balaban J connectivity index is 1.83. The first-order chi connectivity index (χ1) is 13.8. The molecule has 1 saturated heterocycles. The number of carbonyl (C=O) groups excluding carboxylic acids is 2. The number of rotatable bonds is 6.